The van der Waals surface area contributed by atoms with E-state index in [0.717, 1.165) is 71.4 Å². The molecule has 0 fully saturated rings. The SMILES string of the molecule is Cc1c(C)c2c(c(C)c1OC(=O)CCC(=O)OCCOCCOCCOCCOCCOCCOCCOCCN=[N+]=[N-])CC[C@@](C)(CCC[C@H](C)CCC[C@H](C)CCCC(C)C)O2. The Kier molecular flexibility index (Phi) is 31.4. The molecule has 1 aliphatic heterocycles. The van der Waals surface area contributed by atoms with Gasteiger partial charge in [-0.05, 0) is 93.4 Å². The molecule has 0 spiro atoms. The van der Waals surface area contributed by atoms with E-state index in [1.807, 2.05) is 20.8 Å². The molecule has 0 aliphatic carbocycles. The number of azide groups is 1. The summed E-state index contributed by atoms with van der Waals surface area (Å²) in [5.74, 6) is 2.93. The molecule has 0 saturated heterocycles. The predicted molar refractivity (Wildman–Crippen MR) is 248 cm³/mol. The van der Waals surface area contributed by atoms with E-state index in [0.29, 0.717) is 98.2 Å². The highest BCUT2D eigenvalue weighted by Crippen LogP contribution is 2.45. The van der Waals surface area contributed by atoms with Crippen LogP contribution in [-0.4, -0.2) is 123 Å². The summed E-state index contributed by atoms with van der Waals surface area (Å²) >= 11 is 0. The van der Waals surface area contributed by atoms with E-state index in [1.165, 1.54) is 44.9 Å². The number of hydrogen-bond donors (Lipinski definition) is 0. The summed E-state index contributed by atoms with van der Waals surface area (Å²) < 4.78 is 55.9. The highest BCUT2D eigenvalue weighted by molar-refractivity contribution is 5.80. The molecule has 0 bridgehead atoms. The van der Waals surface area contributed by atoms with Gasteiger partial charge >= 0.3 is 11.9 Å². The van der Waals surface area contributed by atoms with Crippen molar-refractivity contribution < 1.29 is 57.0 Å². The number of fused-ring (bicyclic) bond motifs is 1. The van der Waals surface area contributed by atoms with E-state index < -0.39 is 11.9 Å². The Bertz CT molecular complexity index is 1470. The third-order valence-corrected chi connectivity index (χ3v) is 11.7. The van der Waals surface area contributed by atoms with Gasteiger partial charge in [-0.25, -0.2) is 0 Å². The molecule has 0 radical (unpaired) electrons. The van der Waals surface area contributed by atoms with E-state index in [-0.39, 0.29) is 31.7 Å². The number of carbonyl (C=O) groups excluding carboxylic acids is 2. The Morgan fingerprint density at radius 2 is 1.08 bits per heavy atom. The number of rotatable bonds is 40. The van der Waals surface area contributed by atoms with Gasteiger partial charge in [-0.1, -0.05) is 77.8 Å². The molecule has 0 unspecified atom stereocenters. The molecule has 0 saturated carbocycles. The van der Waals surface area contributed by atoms with Crippen LogP contribution in [-0.2, 0) is 53.9 Å². The minimum atomic E-state index is -0.478. The van der Waals surface area contributed by atoms with E-state index >= 15 is 0 Å². The highest BCUT2D eigenvalue weighted by Gasteiger charge is 2.35. The molecule has 1 aliphatic rings. The van der Waals surface area contributed by atoms with Crippen molar-refractivity contribution in [3.63, 3.8) is 0 Å². The van der Waals surface area contributed by atoms with E-state index in [2.05, 4.69) is 44.6 Å². The first-order valence-corrected chi connectivity index (χ1v) is 24.1. The van der Waals surface area contributed by atoms with Gasteiger partial charge in [0.05, 0.1) is 105 Å². The van der Waals surface area contributed by atoms with Crippen LogP contribution in [0.5, 0.6) is 11.5 Å². The molecular formula is C49H85N3O12. The van der Waals surface area contributed by atoms with E-state index in [9.17, 15) is 9.59 Å². The van der Waals surface area contributed by atoms with E-state index in [1.54, 1.807) is 0 Å². The maximum atomic E-state index is 12.9. The summed E-state index contributed by atoms with van der Waals surface area (Å²) in [4.78, 5) is 27.9. The van der Waals surface area contributed by atoms with Crippen LogP contribution in [0, 0.1) is 38.5 Å². The number of esters is 2. The maximum absolute atomic E-state index is 12.9. The third kappa shape index (κ3) is 26.2. The van der Waals surface area contributed by atoms with Crippen LogP contribution < -0.4 is 9.47 Å². The molecule has 2 rings (SSSR count). The molecule has 1 heterocycles. The summed E-state index contributed by atoms with van der Waals surface area (Å²) in [6, 6.07) is 0. The molecule has 15 nitrogen and oxygen atoms in total. The average molecular weight is 908 g/mol. The molecule has 15 heteroatoms. The van der Waals surface area contributed by atoms with Crippen molar-refractivity contribution in [3.8, 4) is 11.5 Å². The highest BCUT2D eigenvalue weighted by atomic mass is 16.6. The molecule has 1 aromatic carbocycles. The fourth-order valence-corrected chi connectivity index (χ4v) is 7.64. The second-order valence-electron chi connectivity index (χ2n) is 17.9. The Labute approximate surface area is 385 Å². The van der Waals surface area contributed by atoms with Gasteiger partial charge in [0.25, 0.3) is 0 Å². The van der Waals surface area contributed by atoms with Crippen molar-refractivity contribution in [1.29, 1.82) is 0 Å². The van der Waals surface area contributed by atoms with Crippen LogP contribution in [0.4, 0.5) is 0 Å². The summed E-state index contributed by atoms with van der Waals surface area (Å²) in [7, 11) is 0. The lowest BCUT2D eigenvalue weighted by molar-refractivity contribution is -0.148. The zero-order valence-corrected chi connectivity index (χ0v) is 41.0. The van der Waals surface area contributed by atoms with Gasteiger partial charge in [0.1, 0.15) is 23.7 Å². The molecular weight excluding hydrogens is 823 g/mol. The zero-order chi connectivity index (χ0) is 46.8. The van der Waals surface area contributed by atoms with Crippen molar-refractivity contribution in [1.82, 2.24) is 0 Å². The lowest BCUT2D eigenvalue weighted by atomic mass is 9.83. The summed E-state index contributed by atoms with van der Waals surface area (Å²) in [6.45, 7) is 24.0. The van der Waals surface area contributed by atoms with Crippen LogP contribution in [0.1, 0.15) is 134 Å². The molecule has 0 amide bonds. The Morgan fingerprint density at radius 1 is 0.625 bits per heavy atom. The van der Waals surface area contributed by atoms with Crippen molar-refractivity contribution in [2.45, 2.75) is 144 Å². The molecule has 368 valence electrons. The number of hydrogen-bond acceptors (Lipinski definition) is 13. The first kappa shape index (κ1) is 57.1. The van der Waals surface area contributed by atoms with Crippen molar-refractivity contribution in [3.05, 3.63) is 32.7 Å². The average Bonchev–Trinajstić information content (AvgIpc) is 3.26. The fourth-order valence-electron chi connectivity index (χ4n) is 7.64. The largest absolute Gasteiger partial charge is 0.487 e. The normalized spacial score (nSPS) is 15.6. The van der Waals surface area contributed by atoms with Crippen LogP contribution in [0.2, 0.25) is 0 Å². The lowest BCUT2D eigenvalue weighted by Crippen LogP contribution is -2.37. The van der Waals surface area contributed by atoms with Gasteiger partial charge < -0.3 is 47.4 Å². The van der Waals surface area contributed by atoms with Gasteiger partial charge in [0, 0.05) is 17.0 Å². The number of carbonyl (C=O) groups is 2. The lowest BCUT2D eigenvalue weighted by Gasteiger charge is -2.38. The Balaban J connectivity index is 1.50. The van der Waals surface area contributed by atoms with Crippen molar-refractivity contribution in [2.24, 2.45) is 22.9 Å². The van der Waals surface area contributed by atoms with Gasteiger partial charge in [-0.3, -0.25) is 9.59 Å². The quantitative estimate of drug-likeness (QED) is 0.0152. The third-order valence-electron chi connectivity index (χ3n) is 11.7. The molecule has 0 N–H and O–H groups in total. The summed E-state index contributed by atoms with van der Waals surface area (Å²) in [5, 5.41) is 3.38. The van der Waals surface area contributed by atoms with Crippen molar-refractivity contribution >= 4 is 11.9 Å². The minimum absolute atomic E-state index is 0.0725. The summed E-state index contributed by atoms with van der Waals surface area (Å²) in [5.41, 5.74) is 11.9. The topological polar surface area (TPSA) is 175 Å². The van der Waals surface area contributed by atoms with Crippen LogP contribution in [0.25, 0.3) is 10.4 Å². The van der Waals surface area contributed by atoms with Gasteiger partial charge in [0.15, 0.2) is 0 Å². The summed E-state index contributed by atoms with van der Waals surface area (Å²) in [6.07, 6.45) is 13.1. The van der Waals surface area contributed by atoms with Crippen LogP contribution >= 0.6 is 0 Å². The first-order valence-electron chi connectivity index (χ1n) is 24.1. The molecule has 1 aromatic rings. The minimum Gasteiger partial charge on any atom is -0.487 e. The fraction of sp³-hybridized carbons (Fsp3) is 0.837. The number of benzene rings is 1. The molecule has 3 atom stereocenters. The van der Waals surface area contributed by atoms with Crippen LogP contribution in [0.3, 0.4) is 0 Å². The first-order chi connectivity index (χ1) is 30.9. The second-order valence-corrected chi connectivity index (χ2v) is 17.9. The van der Waals surface area contributed by atoms with Crippen LogP contribution in [0.15, 0.2) is 5.11 Å². The molecule has 64 heavy (non-hydrogen) atoms. The Morgan fingerprint density at radius 3 is 1.58 bits per heavy atom. The number of nitrogens with zero attached hydrogens (tertiary/aromatic N) is 3. The van der Waals surface area contributed by atoms with Gasteiger partial charge in [-0.2, -0.15) is 0 Å². The van der Waals surface area contributed by atoms with Gasteiger partial charge in [-0.15, -0.1) is 0 Å². The molecule has 0 aromatic heterocycles. The second kappa shape index (κ2) is 35.2. The zero-order valence-electron chi connectivity index (χ0n) is 41.0. The predicted octanol–water partition coefficient (Wildman–Crippen LogP) is 9.79. The maximum Gasteiger partial charge on any atom is 0.311 e. The smallest absolute Gasteiger partial charge is 0.311 e. The monoisotopic (exact) mass is 908 g/mol. The van der Waals surface area contributed by atoms with Gasteiger partial charge in [0.2, 0.25) is 0 Å². The number of ether oxygens (including phenoxy) is 10. The standard InChI is InChI=1S/C49H85N3O12/c1-38(2)12-9-13-39(3)14-10-15-40(4)16-11-20-49(8)21-19-44-43(7)47(41(5)42(6)48(44)64-49)63-46(54)18-17-45(53)62-37-36-61-35-34-60-33-32-59-31-30-58-29-28-57-27-26-56-25-24-55-23-22-51-52-50/h38-40H,9-37H2,1-8H3/t39-,40-,49-/m1/s1. The van der Waals surface area contributed by atoms with Crippen molar-refractivity contribution in [2.75, 3.05) is 106 Å². The van der Waals surface area contributed by atoms with E-state index in [4.69, 9.17) is 52.9 Å². The Hall–Kier alpha value is -3.01.